The topological polar surface area (TPSA) is 100 Å². The van der Waals surface area contributed by atoms with Gasteiger partial charge in [0, 0.05) is 23.5 Å². The fourth-order valence-electron chi connectivity index (χ4n) is 1.64. The molecule has 0 atom stereocenters. The number of nitrogens with one attached hydrogen (secondary N) is 1. The molecule has 1 heterocycles. The van der Waals surface area contributed by atoms with E-state index in [4.69, 9.17) is 5.39 Å². The average molecular weight is 326 g/mol. The summed E-state index contributed by atoms with van der Waals surface area (Å²) in [7, 11) is -3.77. The highest BCUT2D eigenvalue weighted by Gasteiger charge is 2.17. The SMILES string of the molecule is Cc1cc(C)nc(NS(=O)(=O)c2ccc([N+]#N)cc2)n1.[Cl-]. The standard InChI is InChI=1S/C12H12N5O2S.ClH/c1-8-7-9(2)15-12(14-8)17-20(18,19)11-5-3-10(16-13)4-6-11;/h3-7H,1-2H3,(H,14,15,17);1H/q+1;/p-1. The van der Waals surface area contributed by atoms with Gasteiger partial charge in [-0.05, 0) is 32.0 Å². The molecule has 0 unspecified atom stereocenters. The van der Waals surface area contributed by atoms with Crippen molar-refractivity contribution in [3.05, 3.63) is 46.7 Å². The molecule has 0 amide bonds. The van der Waals surface area contributed by atoms with Gasteiger partial charge in [-0.25, -0.2) is 23.1 Å². The second kappa shape index (κ2) is 6.47. The Labute approximate surface area is 128 Å². The van der Waals surface area contributed by atoms with Crippen LogP contribution in [0.25, 0.3) is 4.98 Å². The first-order valence-corrected chi connectivity index (χ1v) is 7.19. The number of halogens is 1. The van der Waals surface area contributed by atoms with Crippen molar-refractivity contribution in [1.82, 2.24) is 9.97 Å². The predicted molar refractivity (Wildman–Crippen MR) is 73.5 cm³/mol. The molecule has 110 valence electrons. The number of hydrogen-bond acceptors (Lipinski definition) is 5. The van der Waals surface area contributed by atoms with Crippen LogP contribution in [-0.4, -0.2) is 18.4 Å². The molecule has 2 rings (SSSR count). The molecule has 0 aliphatic rings. The zero-order valence-electron chi connectivity index (χ0n) is 11.3. The minimum Gasteiger partial charge on any atom is -1.00 e. The van der Waals surface area contributed by atoms with Crippen molar-refractivity contribution in [3.8, 4) is 0 Å². The van der Waals surface area contributed by atoms with E-state index in [0.29, 0.717) is 11.4 Å². The third-order valence-corrected chi connectivity index (χ3v) is 3.81. The van der Waals surface area contributed by atoms with Gasteiger partial charge >= 0.3 is 5.69 Å². The van der Waals surface area contributed by atoms with E-state index >= 15 is 0 Å². The number of aryl methyl sites for hydroxylation is 2. The smallest absolute Gasteiger partial charge is 0.385 e. The number of benzene rings is 1. The lowest BCUT2D eigenvalue weighted by Gasteiger charge is -2.07. The van der Waals surface area contributed by atoms with Gasteiger partial charge in [-0.2, -0.15) is 0 Å². The summed E-state index contributed by atoms with van der Waals surface area (Å²) in [5.41, 5.74) is 1.61. The first-order valence-electron chi connectivity index (χ1n) is 5.71. The first kappa shape index (κ1) is 16.8. The number of sulfonamides is 1. The summed E-state index contributed by atoms with van der Waals surface area (Å²) in [4.78, 5) is 11.0. The Morgan fingerprint density at radius 2 is 1.62 bits per heavy atom. The molecule has 2 aromatic rings. The lowest BCUT2D eigenvalue weighted by atomic mass is 10.3. The van der Waals surface area contributed by atoms with Crippen molar-refractivity contribution < 1.29 is 20.8 Å². The summed E-state index contributed by atoms with van der Waals surface area (Å²) in [6.45, 7) is 3.51. The van der Waals surface area contributed by atoms with Crippen LogP contribution in [0.15, 0.2) is 35.2 Å². The summed E-state index contributed by atoms with van der Waals surface area (Å²) in [5, 5.41) is 8.57. The molecule has 0 saturated carbocycles. The highest BCUT2D eigenvalue weighted by molar-refractivity contribution is 7.92. The van der Waals surface area contributed by atoms with E-state index in [1.165, 1.54) is 24.3 Å². The molecule has 0 saturated heterocycles. The van der Waals surface area contributed by atoms with Crippen molar-refractivity contribution in [1.29, 1.82) is 5.39 Å². The Morgan fingerprint density at radius 3 is 2.10 bits per heavy atom. The Hall–Kier alpha value is -2.24. The highest BCUT2D eigenvalue weighted by Crippen LogP contribution is 2.18. The van der Waals surface area contributed by atoms with Crippen LogP contribution in [0.3, 0.4) is 0 Å². The van der Waals surface area contributed by atoms with E-state index < -0.39 is 10.0 Å². The third-order valence-electron chi connectivity index (χ3n) is 2.47. The molecule has 7 nitrogen and oxygen atoms in total. The second-order valence-electron chi connectivity index (χ2n) is 4.17. The van der Waals surface area contributed by atoms with Crippen LogP contribution in [0.5, 0.6) is 0 Å². The van der Waals surface area contributed by atoms with Gasteiger partial charge in [0.2, 0.25) is 11.3 Å². The zero-order chi connectivity index (χ0) is 14.8. The van der Waals surface area contributed by atoms with Crippen LogP contribution in [0.2, 0.25) is 0 Å². The van der Waals surface area contributed by atoms with Crippen LogP contribution in [0.1, 0.15) is 11.4 Å². The van der Waals surface area contributed by atoms with Crippen molar-refractivity contribution in [2.75, 3.05) is 4.72 Å². The molecule has 0 aliphatic heterocycles. The summed E-state index contributed by atoms with van der Waals surface area (Å²) in [6, 6.07) is 7.18. The van der Waals surface area contributed by atoms with E-state index in [9.17, 15) is 8.42 Å². The molecule has 9 heteroatoms. The molecular formula is C12H12ClN5O2S. The minimum absolute atomic E-state index is 0. The molecule has 1 N–H and O–H groups in total. The van der Waals surface area contributed by atoms with Gasteiger partial charge < -0.3 is 12.4 Å². The number of nitrogens with zero attached hydrogens (tertiary/aromatic N) is 4. The molecule has 21 heavy (non-hydrogen) atoms. The van der Waals surface area contributed by atoms with Gasteiger partial charge in [0.15, 0.2) is 4.98 Å². The average Bonchev–Trinajstić information content (AvgIpc) is 2.37. The Morgan fingerprint density at radius 1 is 1.10 bits per heavy atom. The molecule has 0 fully saturated rings. The second-order valence-corrected chi connectivity index (χ2v) is 5.86. The third kappa shape index (κ3) is 4.11. The summed E-state index contributed by atoms with van der Waals surface area (Å²) >= 11 is 0. The molecule has 1 aromatic heterocycles. The minimum atomic E-state index is -3.77. The van der Waals surface area contributed by atoms with Crippen LogP contribution >= 0.6 is 0 Å². The van der Waals surface area contributed by atoms with Crippen LogP contribution < -0.4 is 17.1 Å². The maximum Gasteiger partial charge on any atom is 0.385 e. The van der Waals surface area contributed by atoms with Crippen LogP contribution in [0.4, 0.5) is 11.6 Å². The van der Waals surface area contributed by atoms with Gasteiger partial charge in [-0.1, -0.05) is 0 Å². The van der Waals surface area contributed by atoms with E-state index in [0.717, 1.165) is 0 Å². The largest absolute Gasteiger partial charge is 1.00 e. The molecule has 0 aliphatic carbocycles. The Kier molecular flexibility index (Phi) is 5.18. The number of diazo groups is 1. The fourth-order valence-corrected chi connectivity index (χ4v) is 2.59. The maximum absolute atomic E-state index is 12.1. The molecule has 0 bridgehead atoms. The Bertz CT molecular complexity index is 764. The van der Waals surface area contributed by atoms with E-state index in [1.54, 1.807) is 19.9 Å². The molecule has 0 radical (unpaired) electrons. The van der Waals surface area contributed by atoms with Crippen molar-refractivity contribution in [3.63, 3.8) is 0 Å². The fraction of sp³-hybridized carbons (Fsp3) is 0.167. The summed E-state index contributed by atoms with van der Waals surface area (Å²) in [5.74, 6) is 0.0263. The number of rotatable bonds is 3. The van der Waals surface area contributed by atoms with Gasteiger partial charge in [0.1, 0.15) is 0 Å². The maximum atomic E-state index is 12.1. The zero-order valence-corrected chi connectivity index (χ0v) is 12.9. The molecule has 0 spiro atoms. The van der Waals surface area contributed by atoms with Gasteiger partial charge in [-0.15, -0.1) is 0 Å². The van der Waals surface area contributed by atoms with Crippen molar-refractivity contribution >= 4 is 21.7 Å². The van der Waals surface area contributed by atoms with E-state index in [2.05, 4.69) is 19.7 Å². The van der Waals surface area contributed by atoms with E-state index in [1.807, 2.05) is 0 Å². The number of anilines is 1. The van der Waals surface area contributed by atoms with Crippen LogP contribution in [0, 0.1) is 19.2 Å². The van der Waals surface area contributed by atoms with Crippen molar-refractivity contribution in [2.45, 2.75) is 18.7 Å². The predicted octanol–water partition coefficient (Wildman–Crippen LogP) is -0.617. The first-order chi connectivity index (χ1) is 9.40. The number of hydrogen-bond donors (Lipinski definition) is 1. The monoisotopic (exact) mass is 325 g/mol. The normalized spacial score (nSPS) is 10.3. The highest BCUT2D eigenvalue weighted by atomic mass is 35.5. The van der Waals surface area contributed by atoms with Gasteiger partial charge in [0.05, 0.1) is 4.90 Å². The summed E-state index contributed by atoms with van der Waals surface area (Å²) < 4.78 is 26.6. The van der Waals surface area contributed by atoms with Crippen molar-refractivity contribution in [2.24, 2.45) is 0 Å². The lowest BCUT2D eigenvalue weighted by Crippen LogP contribution is -3.00. The molecular weight excluding hydrogens is 314 g/mol. The quantitative estimate of drug-likeness (QED) is 0.758. The Balaban J connectivity index is 0.00000220. The lowest BCUT2D eigenvalue weighted by molar-refractivity contribution is -0.00000715. The van der Waals surface area contributed by atoms with Crippen LogP contribution in [-0.2, 0) is 10.0 Å². The van der Waals surface area contributed by atoms with E-state index in [-0.39, 0.29) is 28.9 Å². The number of aromatic nitrogens is 2. The summed E-state index contributed by atoms with van der Waals surface area (Å²) in [6.07, 6.45) is 0. The van der Waals surface area contributed by atoms with Gasteiger partial charge in [-0.3, -0.25) is 0 Å². The van der Waals surface area contributed by atoms with Gasteiger partial charge in [0.25, 0.3) is 10.0 Å². The molecule has 1 aromatic carbocycles.